The van der Waals surface area contributed by atoms with Crippen molar-refractivity contribution in [2.45, 2.75) is 44.5 Å². The molecule has 4 N–H and O–H groups in total. The molecule has 0 radical (unpaired) electrons. The average molecular weight is 566 g/mol. The Kier molecular flexibility index (Phi) is 10.9. The number of aliphatic hydroxyl groups is 1. The summed E-state index contributed by atoms with van der Waals surface area (Å²) in [4.78, 5) is 26.4. The molecule has 0 bridgehead atoms. The van der Waals surface area contributed by atoms with Gasteiger partial charge in [0.15, 0.2) is 0 Å². The molecule has 0 aliphatic carbocycles. The molecular weight excluding hydrogens is 526 g/mol. The minimum absolute atomic E-state index is 0.0212. The molecule has 218 valence electrons. The first kappa shape index (κ1) is 30.5. The maximum Gasteiger partial charge on any atom is 0.251 e. The van der Waals surface area contributed by atoms with Crippen LogP contribution in [-0.4, -0.2) is 42.7 Å². The Morgan fingerprint density at radius 1 is 0.714 bits per heavy atom. The van der Waals surface area contributed by atoms with Gasteiger partial charge in [-0.15, -0.1) is 0 Å². The van der Waals surface area contributed by atoms with E-state index in [0.717, 1.165) is 22.4 Å². The summed E-state index contributed by atoms with van der Waals surface area (Å²) in [7, 11) is 1.63. The number of methoxy groups -OCH3 is 1. The molecule has 0 saturated carbocycles. The van der Waals surface area contributed by atoms with Gasteiger partial charge in [-0.25, -0.2) is 0 Å². The van der Waals surface area contributed by atoms with Crippen LogP contribution in [0.2, 0.25) is 0 Å². The smallest absolute Gasteiger partial charge is 0.251 e. The van der Waals surface area contributed by atoms with E-state index in [-0.39, 0.29) is 30.4 Å². The van der Waals surface area contributed by atoms with E-state index < -0.39 is 12.1 Å². The highest BCUT2D eigenvalue weighted by Crippen LogP contribution is 2.18. The lowest BCUT2D eigenvalue weighted by molar-refractivity contribution is 0.0825. The van der Waals surface area contributed by atoms with Gasteiger partial charge >= 0.3 is 0 Å². The number of aliphatic hydroxyl groups excluding tert-OH is 1. The summed E-state index contributed by atoms with van der Waals surface area (Å²) in [5.41, 5.74) is 3.78. The number of hydrogen-bond acceptors (Lipinski definition) is 5. The maximum absolute atomic E-state index is 13.4. The van der Waals surface area contributed by atoms with Crippen molar-refractivity contribution in [2.75, 3.05) is 13.7 Å². The molecule has 0 spiro atoms. The fraction of sp³-hybridized carbons (Fsp3) is 0.257. The Hall–Kier alpha value is -4.46. The van der Waals surface area contributed by atoms with Gasteiger partial charge in [-0.1, -0.05) is 78.9 Å². The molecule has 2 amide bonds. The summed E-state index contributed by atoms with van der Waals surface area (Å²) in [6, 6.07) is 33.1. The lowest BCUT2D eigenvalue weighted by Crippen LogP contribution is -2.49. The van der Waals surface area contributed by atoms with Crippen molar-refractivity contribution in [3.05, 3.63) is 137 Å². The standard InChI is InChI=1S/C35H39N3O4/c1-24(28-17-19-31(42-3)20-18-28)36-23-33(39)32(21-26-11-6-4-7-12-26)38-35(41)30-16-10-15-29(22-30)34(40)37-25(2)27-13-8-5-9-14-27/h4-20,22,24-25,32-33,36,39H,21,23H2,1-3H3,(H,37,40)(H,38,41)/t24-,25+,32+,33-/m1/s1. The molecule has 4 aromatic rings. The normalized spacial score (nSPS) is 13.8. The zero-order valence-electron chi connectivity index (χ0n) is 24.3. The quantitative estimate of drug-likeness (QED) is 0.178. The third-order valence-electron chi connectivity index (χ3n) is 7.36. The van der Waals surface area contributed by atoms with Crippen LogP contribution in [0.4, 0.5) is 0 Å². The van der Waals surface area contributed by atoms with Gasteiger partial charge in [0.1, 0.15) is 5.75 Å². The number of carbonyl (C=O) groups excluding carboxylic acids is 2. The highest BCUT2D eigenvalue weighted by atomic mass is 16.5. The van der Waals surface area contributed by atoms with E-state index in [1.54, 1.807) is 31.4 Å². The topological polar surface area (TPSA) is 99.7 Å². The van der Waals surface area contributed by atoms with E-state index >= 15 is 0 Å². The molecule has 0 fully saturated rings. The van der Waals surface area contributed by atoms with Crippen molar-refractivity contribution in [3.8, 4) is 5.75 Å². The molecule has 4 atom stereocenters. The van der Waals surface area contributed by atoms with E-state index in [0.29, 0.717) is 17.5 Å². The minimum atomic E-state index is -0.868. The summed E-state index contributed by atoms with van der Waals surface area (Å²) >= 11 is 0. The molecule has 4 aromatic carbocycles. The molecule has 0 heterocycles. The van der Waals surface area contributed by atoms with Gasteiger partial charge in [-0.2, -0.15) is 0 Å². The average Bonchev–Trinajstić information content (AvgIpc) is 3.04. The second-order valence-electron chi connectivity index (χ2n) is 10.4. The molecule has 7 heteroatoms. The Morgan fingerprint density at radius 2 is 1.29 bits per heavy atom. The maximum atomic E-state index is 13.4. The summed E-state index contributed by atoms with van der Waals surface area (Å²) in [6.07, 6.45) is -0.422. The van der Waals surface area contributed by atoms with Crippen molar-refractivity contribution < 1.29 is 19.4 Å². The van der Waals surface area contributed by atoms with E-state index in [4.69, 9.17) is 4.74 Å². The van der Waals surface area contributed by atoms with Crippen LogP contribution in [0.5, 0.6) is 5.75 Å². The summed E-state index contributed by atoms with van der Waals surface area (Å²) < 4.78 is 5.24. The first-order chi connectivity index (χ1) is 20.3. The van der Waals surface area contributed by atoms with Crippen molar-refractivity contribution in [1.82, 2.24) is 16.0 Å². The predicted molar refractivity (Wildman–Crippen MR) is 166 cm³/mol. The molecule has 0 aliphatic heterocycles. The molecular formula is C35H39N3O4. The van der Waals surface area contributed by atoms with Crippen molar-refractivity contribution in [1.29, 1.82) is 0 Å². The molecule has 0 aromatic heterocycles. The third kappa shape index (κ3) is 8.52. The van der Waals surface area contributed by atoms with Gasteiger partial charge in [0.25, 0.3) is 11.8 Å². The third-order valence-corrected chi connectivity index (χ3v) is 7.36. The Balaban J connectivity index is 1.43. The monoisotopic (exact) mass is 565 g/mol. The van der Waals surface area contributed by atoms with Crippen molar-refractivity contribution in [2.24, 2.45) is 0 Å². The first-order valence-corrected chi connectivity index (χ1v) is 14.2. The number of ether oxygens (including phenoxy) is 1. The van der Waals surface area contributed by atoms with E-state index in [2.05, 4.69) is 16.0 Å². The number of nitrogens with one attached hydrogen (secondary N) is 3. The summed E-state index contributed by atoms with van der Waals surface area (Å²) in [5, 5.41) is 20.6. The zero-order valence-corrected chi connectivity index (χ0v) is 24.3. The zero-order chi connectivity index (χ0) is 29.9. The van der Waals surface area contributed by atoms with Gasteiger partial charge in [-0.3, -0.25) is 9.59 Å². The largest absolute Gasteiger partial charge is 0.497 e. The van der Waals surface area contributed by atoms with Crippen LogP contribution in [0.1, 0.15) is 63.3 Å². The number of rotatable bonds is 13. The van der Waals surface area contributed by atoms with Crippen LogP contribution in [0.25, 0.3) is 0 Å². The molecule has 0 saturated heterocycles. The van der Waals surface area contributed by atoms with Crippen LogP contribution in [-0.2, 0) is 6.42 Å². The second kappa shape index (κ2) is 15.0. The van der Waals surface area contributed by atoms with Crippen LogP contribution >= 0.6 is 0 Å². The first-order valence-electron chi connectivity index (χ1n) is 14.2. The Morgan fingerprint density at radius 3 is 1.90 bits per heavy atom. The van der Waals surface area contributed by atoms with Crippen molar-refractivity contribution >= 4 is 11.8 Å². The van der Waals surface area contributed by atoms with Crippen LogP contribution < -0.4 is 20.7 Å². The minimum Gasteiger partial charge on any atom is -0.497 e. The van der Waals surface area contributed by atoms with Gasteiger partial charge in [-0.05, 0) is 67.3 Å². The van der Waals surface area contributed by atoms with Crippen LogP contribution in [0.15, 0.2) is 109 Å². The fourth-order valence-electron chi connectivity index (χ4n) is 4.76. The fourth-order valence-corrected chi connectivity index (χ4v) is 4.76. The lowest BCUT2D eigenvalue weighted by atomic mass is 9.99. The second-order valence-corrected chi connectivity index (χ2v) is 10.4. The van der Waals surface area contributed by atoms with E-state index in [1.807, 2.05) is 98.8 Å². The predicted octanol–water partition coefficient (Wildman–Crippen LogP) is 5.24. The summed E-state index contributed by atoms with van der Waals surface area (Å²) in [6.45, 7) is 4.21. The molecule has 0 aliphatic rings. The Labute approximate surface area is 247 Å². The van der Waals surface area contributed by atoms with E-state index in [1.165, 1.54) is 0 Å². The number of benzene rings is 4. The van der Waals surface area contributed by atoms with Crippen LogP contribution in [0.3, 0.4) is 0 Å². The highest BCUT2D eigenvalue weighted by molar-refractivity contribution is 5.99. The van der Waals surface area contributed by atoms with Crippen molar-refractivity contribution in [3.63, 3.8) is 0 Å². The highest BCUT2D eigenvalue weighted by Gasteiger charge is 2.24. The van der Waals surface area contributed by atoms with Crippen LogP contribution in [0, 0.1) is 0 Å². The Bertz CT molecular complexity index is 1430. The van der Waals surface area contributed by atoms with Gasteiger partial charge < -0.3 is 25.8 Å². The molecule has 0 unspecified atom stereocenters. The SMILES string of the molecule is COc1ccc([C@@H](C)NC[C@@H](O)[C@H](Cc2ccccc2)NC(=O)c2cccc(C(=O)N[C@@H](C)c3ccccc3)c2)cc1. The lowest BCUT2D eigenvalue weighted by Gasteiger charge is -2.26. The summed E-state index contributed by atoms with van der Waals surface area (Å²) in [5.74, 6) is 0.159. The van der Waals surface area contributed by atoms with Gasteiger partial charge in [0.05, 0.1) is 25.3 Å². The number of hydrogen-bond donors (Lipinski definition) is 4. The number of carbonyl (C=O) groups is 2. The van der Waals surface area contributed by atoms with E-state index in [9.17, 15) is 14.7 Å². The molecule has 42 heavy (non-hydrogen) atoms. The number of amides is 2. The molecule has 7 nitrogen and oxygen atoms in total. The molecule has 4 rings (SSSR count). The van der Waals surface area contributed by atoms with Gasteiger partial charge in [0.2, 0.25) is 0 Å². The van der Waals surface area contributed by atoms with Gasteiger partial charge in [0, 0.05) is 23.7 Å².